The fourth-order valence-electron chi connectivity index (χ4n) is 1.44. The number of hydrogen-bond acceptors (Lipinski definition) is 4. The van der Waals surface area contributed by atoms with Crippen LogP contribution in [0.15, 0.2) is 4.79 Å². The molecule has 1 heterocycles. The lowest BCUT2D eigenvalue weighted by atomic mass is 10.2. The van der Waals surface area contributed by atoms with Crippen LogP contribution in [0.5, 0.6) is 5.88 Å². The number of nitrogens with zero attached hydrogens (tertiary/aromatic N) is 1. The Hall–Kier alpha value is -1.36. The smallest absolute Gasteiger partial charge is 0.257 e. The van der Waals surface area contributed by atoms with E-state index in [-0.39, 0.29) is 11.4 Å². The molecule has 0 aliphatic heterocycles. The van der Waals surface area contributed by atoms with Gasteiger partial charge in [0.25, 0.3) is 5.56 Å². The molecule has 2 N–H and O–H groups in total. The molecule has 0 bridgehead atoms. The number of aromatic hydroxyl groups is 1. The van der Waals surface area contributed by atoms with E-state index in [0.29, 0.717) is 37.4 Å². The minimum atomic E-state index is -0.249. The summed E-state index contributed by atoms with van der Waals surface area (Å²) in [6, 6.07) is 0. The highest BCUT2D eigenvalue weighted by atomic mass is 16.5. The van der Waals surface area contributed by atoms with Crippen LogP contribution in [0, 0.1) is 0 Å². The van der Waals surface area contributed by atoms with E-state index in [1.807, 2.05) is 13.8 Å². The van der Waals surface area contributed by atoms with Gasteiger partial charge in [-0.15, -0.1) is 0 Å². The minimum Gasteiger partial charge on any atom is -0.493 e. The van der Waals surface area contributed by atoms with Gasteiger partial charge in [0.05, 0.1) is 12.2 Å². The van der Waals surface area contributed by atoms with Gasteiger partial charge in [0.15, 0.2) is 0 Å². The van der Waals surface area contributed by atoms with Gasteiger partial charge in [-0.1, -0.05) is 13.3 Å². The summed E-state index contributed by atoms with van der Waals surface area (Å²) in [5.74, 6) is 0.313. The Kier molecular flexibility index (Phi) is 4.98. The first-order valence-corrected chi connectivity index (χ1v) is 5.57. The quantitative estimate of drug-likeness (QED) is 0.710. The highest BCUT2D eigenvalue weighted by Gasteiger charge is 2.09. The average Bonchev–Trinajstić information content (AvgIpc) is 2.24. The molecule has 0 aromatic carbocycles. The predicted octanol–water partition coefficient (Wildman–Crippen LogP) is 1.01. The Morgan fingerprint density at radius 1 is 1.38 bits per heavy atom. The zero-order chi connectivity index (χ0) is 12.0. The summed E-state index contributed by atoms with van der Waals surface area (Å²) in [6.07, 6.45) is 1.85. The summed E-state index contributed by atoms with van der Waals surface area (Å²) in [5, 5.41) is 9.59. The number of H-pyrrole nitrogens is 1. The normalized spacial score (nSPS) is 10.6. The van der Waals surface area contributed by atoms with Gasteiger partial charge in [-0.05, 0) is 13.3 Å². The number of nitrogens with one attached hydrogen (secondary N) is 1. The average molecular weight is 226 g/mol. The Labute approximate surface area is 94.5 Å². The first-order valence-electron chi connectivity index (χ1n) is 5.57. The molecule has 0 amide bonds. The summed E-state index contributed by atoms with van der Waals surface area (Å²) in [4.78, 5) is 18.2. The molecule has 0 saturated carbocycles. The van der Waals surface area contributed by atoms with Crippen LogP contribution < -0.4 is 5.56 Å². The van der Waals surface area contributed by atoms with Gasteiger partial charge in [0.2, 0.25) is 5.88 Å². The molecule has 0 spiro atoms. The molecule has 0 saturated heterocycles. The maximum absolute atomic E-state index is 11.6. The predicted molar refractivity (Wildman–Crippen MR) is 60.7 cm³/mol. The van der Waals surface area contributed by atoms with E-state index < -0.39 is 0 Å². The lowest BCUT2D eigenvalue weighted by Crippen LogP contribution is -2.17. The molecule has 5 heteroatoms. The molecule has 0 fully saturated rings. The van der Waals surface area contributed by atoms with Crippen LogP contribution in [0.3, 0.4) is 0 Å². The van der Waals surface area contributed by atoms with E-state index in [2.05, 4.69) is 9.97 Å². The Morgan fingerprint density at radius 2 is 2.12 bits per heavy atom. The van der Waals surface area contributed by atoms with Crippen molar-refractivity contribution in [1.82, 2.24) is 9.97 Å². The molecule has 1 aromatic rings. The summed E-state index contributed by atoms with van der Waals surface area (Å²) in [5.41, 5.74) is 0.114. The van der Waals surface area contributed by atoms with E-state index in [4.69, 9.17) is 4.74 Å². The SMILES string of the molecule is CCCc1c(O)nc(CCOCC)[nH]c1=O. The maximum Gasteiger partial charge on any atom is 0.257 e. The molecule has 0 atom stereocenters. The molecular weight excluding hydrogens is 208 g/mol. The molecular formula is C11H18N2O3. The summed E-state index contributed by atoms with van der Waals surface area (Å²) >= 11 is 0. The van der Waals surface area contributed by atoms with Crippen molar-refractivity contribution in [3.8, 4) is 5.88 Å². The van der Waals surface area contributed by atoms with Gasteiger partial charge >= 0.3 is 0 Å². The molecule has 0 aliphatic carbocycles. The molecule has 0 aliphatic rings. The molecule has 1 rings (SSSR count). The van der Waals surface area contributed by atoms with Gasteiger partial charge in [0, 0.05) is 13.0 Å². The molecule has 0 unspecified atom stereocenters. The molecule has 1 aromatic heterocycles. The van der Waals surface area contributed by atoms with Crippen molar-refractivity contribution >= 4 is 0 Å². The van der Waals surface area contributed by atoms with Gasteiger partial charge in [-0.2, -0.15) is 4.98 Å². The van der Waals surface area contributed by atoms with Crippen LogP contribution in [0.25, 0.3) is 0 Å². The second-order valence-electron chi connectivity index (χ2n) is 3.51. The van der Waals surface area contributed by atoms with Gasteiger partial charge in [-0.3, -0.25) is 4.79 Å². The fourth-order valence-corrected chi connectivity index (χ4v) is 1.44. The minimum absolute atomic E-state index is 0.155. The zero-order valence-corrected chi connectivity index (χ0v) is 9.75. The van der Waals surface area contributed by atoms with E-state index in [0.717, 1.165) is 6.42 Å². The molecule has 90 valence electrons. The van der Waals surface area contributed by atoms with Crippen LogP contribution in [-0.2, 0) is 17.6 Å². The van der Waals surface area contributed by atoms with E-state index in [9.17, 15) is 9.90 Å². The van der Waals surface area contributed by atoms with Crippen LogP contribution in [0.2, 0.25) is 0 Å². The highest BCUT2D eigenvalue weighted by Crippen LogP contribution is 2.10. The van der Waals surface area contributed by atoms with Crippen molar-refractivity contribution in [1.29, 1.82) is 0 Å². The lowest BCUT2D eigenvalue weighted by Gasteiger charge is -2.05. The summed E-state index contributed by atoms with van der Waals surface area (Å²) in [6.45, 7) is 4.97. The van der Waals surface area contributed by atoms with Crippen LogP contribution >= 0.6 is 0 Å². The molecule has 0 radical (unpaired) electrons. The van der Waals surface area contributed by atoms with Crippen molar-refractivity contribution in [3.63, 3.8) is 0 Å². The maximum atomic E-state index is 11.6. The fraction of sp³-hybridized carbons (Fsp3) is 0.636. The third-order valence-electron chi connectivity index (χ3n) is 2.23. The van der Waals surface area contributed by atoms with Gasteiger partial charge < -0.3 is 14.8 Å². The monoisotopic (exact) mass is 226 g/mol. The second-order valence-corrected chi connectivity index (χ2v) is 3.51. The molecule has 16 heavy (non-hydrogen) atoms. The Bertz CT molecular complexity index is 387. The van der Waals surface area contributed by atoms with Crippen molar-refractivity contribution < 1.29 is 9.84 Å². The third-order valence-corrected chi connectivity index (χ3v) is 2.23. The van der Waals surface area contributed by atoms with Crippen LogP contribution in [-0.4, -0.2) is 28.3 Å². The van der Waals surface area contributed by atoms with E-state index in [1.165, 1.54) is 0 Å². The number of hydrogen-bond donors (Lipinski definition) is 2. The van der Waals surface area contributed by atoms with Gasteiger partial charge in [0.1, 0.15) is 5.82 Å². The van der Waals surface area contributed by atoms with E-state index >= 15 is 0 Å². The lowest BCUT2D eigenvalue weighted by molar-refractivity contribution is 0.149. The number of ether oxygens (including phenoxy) is 1. The van der Waals surface area contributed by atoms with Crippen molar-refractivity contribution in [3.05, 3.63) is 21.7 Å². The first kappa shape index (κ1) is 12.7. The van der Waals surface area contributed by atoms with Crippen molar-refractivity contribution in [2.75, 3.05) is 13.2 Å². The number of aromatic amines is 1. The van der Waals surface area contributed by atoms with Crippen molar-refractivity contribution in [2.45, 2.75) is 33.1 Å². The topological polar surface area (TPSA) is 75.2 Å². The number of aromatic nitrogens is 2. The Balaban J connectivity index is 2.79. The number of rotatable bonds is 6. The first-order chi connectivity index (χ1) is 7.69. The van der Waals surface area contributed by atoms with E-state index in [1.54, 1.807) is 0 Å². The van der Waals surface area contributed by atoms with Crippen molar-refractivity contribution in [2.24, 2.45) is 0 Å². The van der Waals surface area contributed by atoms with Gasteiger partial charge in [-0.25, -0.2) is 0 Å². The molecule has 5 nitrogen and oxygen atoms in total. The summed E-state index contributed by atoms with van der Waals surface area (Å²) < 4.78 is 5.15. The Morgan fingerprint density at radius 3 is 2.69 bits per heavy atom. The zero-order valence-electron chi connectivity index (χ0n) is 9.75. The second kappa shape index (κ2) is 6.27. The standard InChI is InChI=1S/C11H18N2O3/c1-3-5-8-10(14)12-9(13-11(8)15)6-7-16-4-2/h3-7H2,1-2H3,(H2,12,13,14,15). The van der Waals surface area contributed by atoms with Crippen LogP contribution in [0.4, 0.5) is 0 Å². The summed E-state index contributed by atoms with van der Waals surface area (Å²) in [7, 11) is 0. The third kappa shape index (κ3) is 3.34. The highest BCUT2D eigenvalue weighted by molar-refractivity contribution is 5.22. The largest absolute Gasteiger partial charge is 0.493 e. The van der Waals surface area contributed by atoms with Crippen LogP contribution in [0.1, 0.15) is 31.7 Å².